The fourth-order valence-corrected chi connectivity index (χ4v) is 0.494. The van der Waals surface area contributed by atoms with E-state index in [1.165, 1.54) is 0 Å². The van der Waals surface area contributed by atoms with Gasteiger partial charge in [0.1, 0.15) is 5.38 Å². The van der Waals surface area contributed by atoms with E-state index < -0.39 is 24.2 Å². The quantitative estimate of drug-likeness (QED) is 0.451. The predicted molar refractivity (Wildman–Crippen MR) is 26.4 cm³/mol. The van der Waals surface area contributed by atoms with E-state index in [1.807, 2.05) is 0 Å². The van der Waals surface area contributed by atoms with Crippen molar-refractivity contribution < 1.29 is 26.3 Å². The molecule has 0 heterocycles. The Hall–Kier alpha value is -0.130. The van der Waals surface area contributed by atoms with Crippen molar-refractivity contribution >= 4 is 11.6 Å². The minimum Gasteiger partial charge on any atom is -0.171 e. The van der Waals surface area contributed by atoms with Crippen LogP contribution in [0.3, 0.4) is 0 Å². The van der Waals surface area contributed by atoms with Gasteiger partial charge in [-0.15, -0.1) is 11.6 Å². The van der Waals surface area contributed by atoms with Crippen LogP contribution in [0.5, 0.6) is 0 Å². The van der Waals surface area contributed by atoms with Crippen molar-refractivity contribution in [1.82, 2.24) is 0 Å². The summed E-state index contributed by atoms with van der Waals surface area (Å²) in [6.07, 6.45) is -11.9. The molecule has 0 aromatic rings. The Balaban J connectivity index is 3.99. The Labute approximate surface area is 63.1 Å². The normalized spacial score (nSPS) is 16.6. The molecule has 0 rings (SSSR count). The summed E-state index contributed by atoms with van der Waals surface area (Å²) in [6, 6.07) is 0. The Kier molecular flexibility index (Phi) is 3.05. The van der Waals surface area contributed by atoms with Crippen LogP contribution in [0, 0.1) is 0 Å². The number of halogens is 7. The third-order valence-corrected chi connectivity index (χ3v) is 1.17. The molecule has 0 spiro atoms. The van der Waals surface area contributed by atoms with E-state index in [2.05, 4.69) is 11.6 Å². The van der Waals surface area contributed by atoms with Crippen LogP contribution in [0.2, 0.25) is 0 Å². The van der Waals surface area contributed by atoms with Gasteiger partial charge in [0.15, 0.2) is 0 Å². The van der Waals surface area contributed by atoms with Crippen molar-refractivity contribution in [2.24, 2.45) is 0 Å². The summed E-state index contributed by atoms with van der Waals surface area (Å²) in [5, 5.41) is -2.84. The molecule has 0 amide bonds. The zero-order chi connectivity index (χ0) is 9.28. The molecule has 0 aliphatic heterocycles. The van der Waals surface area contributed by atoms with Gasteiger partial charge in [-0.2, -0.15) is 26.3 Å². The van der Waals surface area contributed by atoms with Crippen LogP contribution in [-0.2, 0) is 0 Å². The van der Waals surface area contributed by atoms with Gasteiger partial charge in [-0.05, 0) is 0 Å². The highest BCUT2D eigenvalue weighted by Gasteiger charge is 2.45. The van der Waals surface area contributed by atoms with Gasteiger partial charge in [-0.1, -0.05) is 0 Å². The molecule has 7 heteroatoms. The van der Waals surface area contributed by atoms with E-state index in [4.69, 9.17) is 0 Å². The van der Waals surface area contributed by atoms with E-state index in [1.54, 1.807) is 0 Å². The fourth-order valence-electron chi connectivity index (χ4n) is 0.319. The molecule has 0 fully saturated rings. The van der Waals surface area contributed by atoms with Crippen LogP contribution in [0.4, 0.5) is 26.3 Å². The number of hydrogen-bond donors (Lipinski definition) is 0. The first-order valence-corrected chi connectivity index (χ1v) is 2.84. The Bertz CT molecular complexity index is 124. The molecular formula is C4H3ClF6. The molecule has 0 aliphatic carbocycles. The average Bonchev–Trinajstić information content (AvgIpc) is 1.56. The summed E-state index contributed by atoms with van der Waals surface area (Å²) in [5.74, 6) is 0. The molecule has 0 radical (unpaired) electrons. The standard InChI is InChI=1S/C4H3ClF6/c5-2(4(9,10)11)1-3(6,7)8/h2H,1H2/t2-/m1/s1. The maximum Gasteiger partial charge on any atom is 0.405 e. The molecule has 1 atom stereocenters. The maximum absolute atomic E-state index is 11.3. The first-order valence-electron chi connectivity index (χ1n) is 2.40. The van der Waals surface area contributed by atoms with E-state index in [0.29, 0.717) is 0 Å². The minimum absolute atomic E-state index is 2.04. The molecular weight excluding hydrogens is 197 g/mol. The van der Waals surface area contributed by atoms with Crippen LogP contribution < -0.4 is 0 Å². The molecule has 0 nitrogen and oxygen atoms in total. The second kappa shape index (κ2) is 3.08. The summed E-state index contributed by atoms with van der Waals surface area (Å²) in [4.78, 5) is 0. The third kappa shape index (κ3) is 5.17. The highest BCUT2D eigenvalue weighted by atomic mass is 35.5. The molecule has 0 saturated heterocycles. The lowest BCUT2D eigenvalue weighted by molar-refractivity contribution is -0.180. The van der Waals surface area contributed by atoms with Crippen molar-refractivity contribution in [3.05, 3.63) is 0 Å². The SMILES string of the molecule is FC(F)(F)C[C@@H](Cl)C(F)(F)F. The minimum atomic E-state index is -4.99. The van der Waals surface area contributed by atoms with E-state index >= 15 is 0 Å². The predicted octanol–water partition coefficient (Wildman–Crippen LogP) is 3.11. The van der Waals surface area contributed by atoms with Gasteiger partial charge >= 0.3 is 12.4 Å². The Morgan fingerprint density at radius 3 is 1.45 bits per heavy atom. The topological polar surface area (TPSA) is 0 Å². The lowest BCUT2D eigenvalue weighted by Crippen LogP contribution is -2.28. The van der Waals surface area contributed by atoms with E-state index in [-0.39, 0.29) is 0 Å². The molecule has 68 valence electrons. The zero-order valence-electron chi connectivity index (χ0n) is 4.93. The highest BCUT2D eigenvalue weighted by Crippen LogP contribution is 2.33. The molecule has 0 unspecified atom stereocenters. The monoisotopic (exact) mass is 200 g/mol. The zero-order valence-corrected chi connectivity index (χ0v) is 5.69. The number of hydrogen-bond acceptors (Lipinski definition) is 0. The Morgan fingerprint density at radius 2 is 1.36 bits per heavy atom. The molecule has 0 bridgehead atoms. The summed E-state index contributed by atoms with van der Waals surface area (Å²) in [6.45, 7) is 0. The summed E-state index contributed by atoms with van der Waals surface area (Å²) < 4.78 is 67.8. The van der Waals surface area contributed by atoms with Crippen molar-refractivity contribution in [2.45, 2.75) is 24.2 Å². The van der Waals surface area contributed by atoms with Gasteiger partial charge < -0.3 is 0 Å². The van der Waals surface area contributed by atoms with E-state index in [9.17, 15) is 26.3 Å². The lowest BCUT2D eigenvalue weighted by atomic mass is 10.3. The second-order valence-electron chi connectivity index (χ2n) is 1.83. The largest absolute Gasteiger partial charge is 0.405 e. The molecule has 0 aliphatic rings. The fraction of sp³-hybridized carbons (Fsp3) is 1.00. The van der Waals surface area contributed by atoms with E-state index in [0.717, 1.165) is 0 Å². The van der Waals surface area contributed by atoms with Crippen LogP contribution in [0.15, 0.2) is 0 Å². The second-order valence-corrected chi connectivity index (χ2v) is 2.36. The van der Waals surface area contributed by atoms with Crippen molar-refractivity contribution in [3.8, 4) is 0 Å². The van der Waals surface area contributed by atoms with Gasteiger partial charge in [0.05, 0.1) is 6.42 Å². The molecule has 0 N–H and O–H groups in total. The molecule has 11 heavy (non-hydrogen) atoms. The van der Waals surface area contributed by atoms with Gasteiger partial charge in [-0.25, -0.2) is 0 Å². The molecule has 0 saturated carbocycles. The van der Waals surface area contributed by atoms with Gasteiger partial charge in [0, 0.05) is 0 Å². The highest BCUT2D eigenvalue weighted by molar-refractivity contribution is 6.21. The maximum atomic E-state index is 11.3. The van der Waals surface area contributed by atoms with Crippen LogP contribution in [-0.4, -0.2) is 17.7 Å². The van der Waals surface area contributed by atoms with Gasteiger partial charge in [0.25, 0.3) is 0 Å². The van der Waals surface area contributed by atoms with Crippen LogP contribution >= 0.6 is 11.6 Å². The van der Waals surface area contributed by atoms with Crippen LogP contribution in [0.1, 0.15) is 6.42 Å². The summed E-state index contributed by atoms with van der Waals surface area (Å²) in [5.41, 5.74) is 0. The lowest BCUT2D eigenvalue weighted by Gasteiger charge is -2.14. The number of rotatable bonds is 1. The Morgan fingerprint density at radius 1 is 1.00 bits per heavy atom. The molecule has 0 aromatic heterocycles. The smallest absolute Gasteiger partial charge is 0.171 e. The average molecular weight is 201 g/mol. The number of alkyl halides is 7. The van der Waals surface area contributed by atoms with Crippen molar-refractivity contribution in [1.29, 1.82) is 0 Å². The van der Waals surface area contributed by atoms with Gasteiger partial charge in [-0.3, -0.25) is 0 Å². The summed E-state index contributed by atoms with van der Waals surface area (Å²) in [7, 11) is 0. The van der Waals surface area contributed by atoms with Crippen molar-refractivity contribution in [2.75, 3.05) is 0 Å². The summed E-state index contributed by atoms with van der Waals surface area (Å²) >= 11 is 4.40. The van der Waals surface area contributed by atoms with Crippen LogP contribution in [0.25, 0.3) is 0 Å². The van der Waals surface area contributed by atoms with Crippen molar-refractivity contribution in [3.63, 3.8) is 0 Å². The third-order valence-electron chi connectivity index (χ3n) is 0.766. The van der Waals surface area contributed by atoms with Gasteiger partial charge in [0.2, 0.25) is 0 Å². The first kappa shape index (κ1) is 10.9. The molecule has 0 aromatic carbocycles. The first-order chi connectivity index (χ1) is 4.63.